The fourth-order valence-corrected chi connectivity index (χ4v) is 1.11. The Bertz CT molecular complexity index is 158. The molecule has 13 heavy (non-hydrogen) atoms. The molecule has 0 amide bonds. The summed E-state index contributed by atoms with van der Waals surface area (Å²) in [7, 11) is 0. The number of ketones is 1. The molecule has 0 aromatic carbocycles. The Kier molecular flexibility index (Phi) is 5.86. The molecule has 3 N–H and O–H groups in total. The van der Waals surface area contributed by atoms with Gasteiger partial charge in [0, 0.05) is 12.0 Å². The third-order valence-corrected chi connectivity index (χ3v) is 1.71. The summed E-state index contributed by atoms with van der Waals surface area (Å²) >= 11 is 0. The Balaban J connectivity index is 4.15. The van der Waals surface area contributed by atoms with Crippen molar-refractivity contribution in [2.45, 2.75) is 39.8 Å². The largest absolute Gasteiger partial charge is 0.303 e. The predicted molar refractivity (Wildman–Crippen MR) is 52.0 cm³/mol. The highest BCUT2D eigenvalue weighted by Gasteiger charge is 2.21. The highest BCUT2D eigenvalue weighted by molar-refractivity contribution is 5.85. The Labute approximate surface area is 79.8 Å². The van der Waals surface area contributed by atoms with Crippen molar-refractivity contribution in [3.8, 4) is 0 Å². The van der Waals surface area contributed by atoms with Gasteiger partial charge in [-0.25, -0.2) is 5.90 Å². The molecule has 0 heterocycles. The van der Waals surface area contributed by atoms with Crippen molar-refractivity contribution in [2.75, 3.05) is 6.61 Å². The van der Waals surface area contributed by atoms with Crippen molar-refractivity contribution in [1.29, 1.82) is 0 Å². The van der Waals surface area contributed by atoms with Gasteiger partial charge in [0.05, 0.1) is 12.6 Å². The molecule has 0 saturated heterocycles. The second-order valence-electron chi connectivity index (χ2n) is 3.76. The molecule has 0 spiro atoms. The number of Topliss-reactive ketones (excluding diaryl/α,β-unsaturated/α-hetero) is 1. The number of carbonyl (C=O) groups excluding carboxylic acids is 1. The number of rotatable bonds is 6. The van der Waals surface area contributed by atoms with E-state index in [1.165, 1.54) is 0 Å². The van der Waals surface area contributed by atoms with E-state index in [0.717, 1.165) is 0 Å². The van der Waals surface area contributed by atoms with E-state index < -0.39 is 0 Å². The Morgan fingerprint density at radius 1 is 1.38 bits per heavy atom. The lowest BCUT2D eigenvalue weighted by atomic mass is 10.0. The molecule has 4 nitrogen and oxygen atoms in total. The van der Waals surface area contributed by atoms with Crippen LogP contribution < -0.4 is 11.2 Å². The van der Waals surface area contributed by atoms with Gasteiger partial charge in [0.25, 0.3) is 0 Å². The topological polar surface area (TPSA) is 64.3 Å². The Morgan fingerprint density at radius 2 is 1.92 bits per heavy atom. The first kappa shape index (κ1) is 12.6. The summed E-state index contributed by atoms with van der Waals surface area (Å²) in [5.41, 5.74) is 0. The molecule has 1 unspecified atom stereocenters. The minimum absolute atomic E-state index is 0.00593. The van der Waals surface area contributed by atoms with Crippen molar-refractivity contribution in [3.05, 3.63) is 0 Å². The lowest BCUT2D eigenvalue weighted by Gasteiger charge is -2.20. The Morgan fingerprint density at radius 3 is 2.23 bits per heavy atom. The number of nitrogens with two attached hydrogens (primary N) is 1. The zero-order chi connectivity index (χ0) is 10.4. The SMILES string of the molecule is CC(C)NC(CON)C(=O)C(C)C. The van der Waals surface area contributed by atoms with Gasteiger partial charge in [-0.3, -0.25) is 4.79 Å². The minimum atomic E-state index is -0.287. The van der Waals surface area contributed by atoms with Crippen LogP contribution in [0.3, 0.4) is 0 Å². The van der Waals surface area contributed by atoms with E-state index in [2.05, 4.69) is 10.2 Å². The van der Waals surface area contributed by atoms with Crippen LogP contribution in [-0.4, -0.2) is 24.5 Å². The minimum Gasteiger partial charge on any atom is -0.303 e. The van der Waals surface area contributed by atoms with Gasteiger partial charge < -0.3 is 10.2 Å². The molecule has 0 bridgehead atoms. The molecule has 0 aromatic rings. The van der Waals surface area contributed by atoms with E-state index in [-0.39, 0.29) is 30.4 Å². The number of carbonyl (C=O) groups is 1. The number of hydrogen-bond acceptors (Lipinski definition) is 4. The standard InChI is InChI=1S/C9H20N2O2/c1-6(2)9(12)8(5-13-10)11-7(3)4/h6-8,11H,5,10H2,1-4H3. The third-order valence-electron chi connectivity index (χ3n) is 1.71. The van der Waals surface area contributed by atoms with Crippen LogP contribution in [0.1, 0.15) is 27.7 Å². The third kappa shape index (κ3) is 4.98. The summed E-state index contributed by atoms with van der Waals surface area (Å²) in [5.74, 6) is 5.09. The van der Waals surface area contributed by atoms with Crippen molar-refractivity contribution >= 4 is 5.78 Å². The van der Waals surface area contributed by atoms with Crippen molar-refractivity contribution in [3.63, 3.8) is 0 Å². The van der Waals surface area contributed by atoms with Crippen LogP contribution in [-0.2, 0) is 9.63 Å². The maximum absolute atomic E-state index is 11.6. The normalized spacial score (nSPS) is 13.8. The van der Waals surface area contributed by atoms with Gasteiger partial charge in [0.2, 0.25) is 0 Å². The molecule has 1 atom stereocenters. The quantitative estimate of drug-likeness (QED) is 0.595. The molecule has 0 saturated carbocycles. The molecule has 0 aliphatic carbocycles. The van der Waals surface area contributed by atoms with E-state index in [9.17, 15) is 4.79 Å². The average molecular weight is 188 g/mol. The van der Waals surface area contributed by atoms with E-state index in [1.54, 1.807) is 0 Å². The van der Waals surface area contributed by atoms with Crippen LogP contribution in [0.25, 0.3) is 0 Å². The van der Waals surface area contributed by atoms with Gasteiger partial charge in [-0.05, 0) is 0 Å². The lowest BCUT2D eigenvalue weighted by Crippen LogP contribution is -2.46. The van der Waals surface area contributed by atoms with Crippen LogP contribution in [0.15, 0.2) is 0 Å². The Hall–Kier alpha value is -0.450. The van der Waals surface area contributed by atoms with Gasteiger partial charge in [-0.2, -0.15) is 0 Å². The van der Waals surface area contributed by atoms with Gasteiger partial charge in [0.15, 0.2) is 5.78 Å². The summed E-state index contributed by atoms with van der Waals surface area (Å²) in [5, 5.41) is 3.11. The first-order chi connectivity index (χ1) is 5.99. The number of nitrogens with one attached hydrogen (secondary N) is 1. The van der Waals surface area contributed by atoms with Crippen molar-refractivity contribution < 1.29 is 9.63 Å². The average Bonchev–Trinajstić information content (AvgIpc) is 2.01. The van der Waals surface area contributed by atoms with Crippen LogP contribution in [0.2, 0.25) is 0 Å². The first-order valence-electron chi connectivity index (χ1n) is 4.60. The van der Waals surface area contributed by atoms with E-state index in [0.29, 0.717) is 0 Å². The molecular weight excluding hydrogens is 168 g/mol. The molecule has 0 aromatic heterocycles. The highest BCUT2D eigenvalue weighted by atomic mass is 16.6. The number of hydrogen-bond donors (Lipinski definition) is 2. The van der Waals surface area contributed by atoms with Gasteiger partial charge in [-0.1, -0.05) is 27.7 Å². The highest BCUT2D eigenvalue weighted by Crippen LogP contribution is 2.01. The maximum Gasteiger partial charge on any atom is 0.154 e. The fraction of sp³-hybridized carbons (Fsp3) is 0.889. The van der Waals surface area contributed by atoms with Crippen LogP contribution in [0.5, 0.6) is 0 Å². The predicted octanol–water partition coefficient (Wildman–Crippen LogP) is 0.468. The van der Waals surface area contributed by atoms with Crippen LogP contribution >= 0.6 is 0 Å². The molecule has 0 radical (unpaired) electrons. The summed E-state index contributed by atoms with van der Waals surface area (Å²) in [6.45, 7) is 7.94. The first-order valence-corrected chi connectivity index (χ1v) is 4.60. The monoisotopic (exact) mass is 188 g/mol. The van der Waals surface area contributed by atoms with E-state index >= 15 is 0 Å². The summed E-state index contributed by atoms with van der Waals surface area (Å²) in [6.07, 6.45) is 0. The summed E-state index contributed by atoms with van der Waals surface area (Å²) < 4.78 is 0. The van der Waals surface area contributed by atoms with Crippen molar-refractivity contribution in [1.82, 2.24) is 5.32 Å². The second-order valence-corrected chi connectivity index (χ2v) is 3.76. The molecule has 0 aliphatic heterocycles. The van der Waals surface area contributed by atoms with E-state index in [1.807, 2.05) is 27.7 Å². The maximum atomic E-state index is 11.6. The molecule has 0 fully saturated rings. The van der Waals surface area contributed by atoms with Crippen LogP contribution in [0.4, 0.5) is 0 Å². The summed E-state index contributed by atoms with van der Waals surface area (Å²) in [6, 6.07) is -0.0344. The lowest BCUT2D eigenvalue weighted by molar-refractivity contribution is -0.125. The zero-order valence-electron chi connectivity index (χ0n) is 8.83. The zero-order valence-corrected chi connectivity index (χ0v) is 8.83. The van der Waals surface area contributed by atoms with Gasteiger partial charge in [0.1, 0.15) is 0 Å². The molecule has 0 aliphatic rings. The smallest absolute Gasteiger partial charge is 0.154 e. The molecule has 0 rings (SSSR count). The molecular formula is C9H20N2O2. The second kappa shape index (κ2) is 6.07. The molecule has 4 heteroatoms. The van der Waals surface area contributed by atoms with E-state index in [4.69, 9.17) is 5.90 Å². The van der Waals surface area contributed by atoms with Gasteiger partial charge in [-0.15, -0.1) is 0 Å². The fourth-order valence-electron chi connectivity index (χ4n) is 1.11. The van der Waals surface area contributed by atoms with Gasteiger partial charge >= 0.3 is 0 Å². The molecule has 78 valence electrons. The van der Waals surface area contributed by atoms with Crippen LogP contribution in [0, 0.1) is 5.92 Å². The summed E-state index contributed by atoms with van der Waals surface area (Å²) in [4.78, 5) is 16.1. The van der Waals surface area contributed by atoms with Crippen molar-refractivity contribution in [2.24, 2.45) is 11.8 Å².